The third-order valence-electron chi connectivity index (χ3n) is 3.41. The van der Waals surface area contributed by atoms with Crippen LogP contribution in [0.5, 0.6) is 0 Å². The van der Waals surface area contributed by atoms with Crippen LogP contribution in [0.4, 0.5) is 10.1 Å². The van der Waals surface area contributed by atoms with Gasteiger partial charge in [-0.1, -0.05) is 6.07 Å². The maximum atomic E-state index is 13.6. The lowest BCUT2D eigenvalue weighted by molar-refractivity contribution is -0.130. The van der Waals surface area contributed by atoms with Crippen molar-refractivity contribution in [2.45, 2.75) is 6.92 Å². The van der Waals surface area contributed by atoms with E-state index < -0.39 is 0 Å². The lowest BCUT2D eigenvalue weighted by atomic mass is 10.2. The zero-order chi connectivity index (χ0) is 13.8. The molecule has 1 aliphatic heterocycles. The Hall–Kier alpha value is -1.62. The summed E-state index contributed by atoms with van der Waals surface area (Å²) >= 11 is 0. The Balaban J connectivity index is 1.86. The summed E-state index contributed by atoms with van der Waals surface area (Å²) in [5, 5.41) is 2.87. The van der Waals surface area contributed by atoms with Gasteiger partial charge in [0.15, 0.2) is 0 Å². The third-order valence-corrected chi connectivity index (χ3v) is 3.41. The number of benzene rings is 1. The molecule has 0 saturated carbocycles. The summed E-state index contributed by atoms with van der Waals surface area (Å²) in [5.41, 5.74) is 1.25. The number of hydrogen-bond donors (Lipinski definition) is 1. The summed E-state index contributed by atoms with van der Waals surface area (Å²) in [5.74, 6) is -0.292. The van der Waals surface area contributed by atoms with Crippen molar-refractivity contribution >= 4 is 11.6 Å². The van der Waals surface area contributed by atoms with Crippen LogP contribution < -0.4 is 5.32 Å². The van der Waals surface area contributed by atoms with E-state index in [4.69, 9.17) is 0 Å². The van der Waals surface area contributed by atoms with Gasteiger partial charge >= 0.3 is 0 Å². The van der Waals surface area contributed by atoms with Gasteiger partial charge in [0, 0.05) is 26.2 Å². The number of carbonyl (C=O) groups is 1. The zero-order valence-corrected chi connectivity index (χ0v) is 11.4. The number of likely N-dealkylation sites (N-methyl/N-ethyl adjacent to an activating group) is 1. The first kappa shape index (κ1) is 13.8. The Labute approximate surface area is 113 Å². The predicted octanol–water partition coefficient (Wildman–Crippen LogP) is 1.32. The van der Waals surface area contributed by atoms with Crippen molar-refractivity contribution in [3.63, 3.8) is 0 Å². The van der Waals surface area contributed by atoms with E-state index in [0.717, 1.165) is 31.7 Å². The minimum absolute atomic E-state index is 0.0214. The SMILES string of the molecule is Cc1ccc(NCC(=O)N2CCN(C)CC2)c(F)c1. The Kier molecular flexibility index (Phi) is 4.37. The van der Waals surface area contributed by atoms with Gasteiger partial charge in [0.05, 0.1) is 12.2 Å². The van der Waals surface area contributed by atoms with Crippen LogP contribution in [0.15, 0.2) is 18.2 Å². The van der Waals surface area contributed by atoms with Gasteiger partial charge < -0.3 is 15.1 Å². The molecule has 1 aliphatic rings. The molecule has 0 aromatic heterocycles. The molecule has 2 rings (SSSR count). The van der Waals surface area contributed by atoms with Gasteiger partial charge in [0.2, 0.25) is 5.91 Å². The van der Waals surface area contributed by atoms with E-state index in [0.29, 0.717) is 5.69 Å². The fraction of sp³-hybridized carbons (Fsp3) is 0.500. The normalized spacial score (nSPS) is 16.5. The highest BCUT2D eigenvalue weighted by molar-refractivity contribution is 5.81. The third kappa shape index (κ3) is 3.67. The zero-order valence-electron chi connectivity index (χ0n) is 11.4. The average molecular weight is 265 g/mol. The summed E-state index contributed by atoms with van der Waals surface area (Å²) < 4.78 is 13.6. The smallest absolute Gasteiger partial charge is 0.241 e. The highest BCUT2D eigenvalue weighted by atomic mass is 19.1. The van der Waals surface area contributed by atoms with Gasteiger partial charge in [-0.05, 0) is 31.7 Å². The van der Waals surface area contributed by atoms with E-state index >= 15 is 0 Å². The van der Waals surface area contributed by atoms with Crippen LogP contribution >= 0.6 is 0 Å². The minimum atomic E-state index is -0.314. The second-order valence-corrected chi connectivity index (χ2v) is 5.02. The highest BCUT2D eigenvalue weighted by Crippen LogP contribution is 2.15. The van der Waals surface area contributed by atoms with Gasteiger partial charge in [-0.15, -0.1) is 0 Å². The molecule has 4 nitrogen and oxygen atoms in total. The van der Waals surface area contributed by atoms with E-state index in [1.807, 2.05) is 24.9 Å². The number of amides is 1. The maximum absolute atomic E-state index is 13.6. The van der Waals surface area contributed by atoms with Crippen LogP contribution in [-0.4, -0.2) is 55.5 Å². The van der Waals surface area contributed by atoms with E-state index in [1.54, 1.807) is 6.07 Å². The van der Waals surface area contributed by atoms with E-state index in [9.17, 15) is 9.18 Å². The Morgan fingerprint density at radius 1 is 1.32 bits per heavy atom. The molecule has 19 heavy (non-hydrogen) atoms. The molecule has 1 heterocycles. The van der Waals surface area contributed by atoms with Crippen molar-refractivity contribution in [3.8, 4) is 0 Å². The molecular formula is C14H20FN3O. The van der Waals surface area contributed by atoms with Gasteiger partial charge in [-0.3, -0.25) is 4.79 Å². The number of halogens is 1. The molecule has 1 saturated heterocycles. The topological polar surface area (TPSA) is 35.6 Å². The lowest BCUT2D eigenvalue weighted by Crippen LogP contribution is -2.48. The molecule has 0 aliphatic carbocycles. The van der Waals surface area contributed by atoms with E-state index in [1.165, 1.54) is 6.07 Å². The summed E-state index contributed by atoms with van der Waals surface area (Å²) in [6, 6.07) is 4.95. The molecule has 0 atom stereocenters. The molecule has 5 heteroatoms. The quantitative estimate of drug-likeness (QED) is 0.895. The average Bonchev–Trinajstić information content (AvgIpc) is 2.38. The van der Waals surface area contributed by atoms with Crippen molar-refractivity contribution < 1.29 is 9.18 Å². The summed E-state index contributed by atoms with van der Waals surface area (Å²) in [4.78, 5) is 16.0. The number of anilines is 1. The molecule has 0 bridgehead atoms. The second kappa shape index (κ2) is 6.02. The van der Waals surface area contributed by atoms with Crippen molar-refractivity contribution in [3.05, 3.63) is 29.6 Å². The second-order valence-electron chi connectivity index (χ2n) is 5.02. The van der Waals surface area contributed by atoms with Gasteiger partial charge in [-0.25, -0.2) is 4.39 Å². The minimum Gasteiger partial charge on any atom is -0.374 e. The molecule has 104 valence electrons. The first-order chi connectivity index (χ1) is 9.06. The predicted molar refractivity (Wildman–Crippen MR) is 73.7 cm³/mol. The van der Waals surface area contributed by atoms with Crippen LogP contribution in [0.25, 0.3) is 0 Å². The Morgan fingerprint density at radius 2 is 2.00 bits per heavy atom. The first-order valence-corrected chi connectivity index (χ1v) is 6.52. The number of nitrogens with zero attached hydrogens (tertiary/aromatic N) is 2. The van der Waals surface area contributed by atoms with E-state index in [2.05, 4.69) is 10.2 Å². The van der Waals surface area contributed by atoms with E-state index in [-0.39, 0.29) is 18.3 Å². The van der Waals surface area contributed by atoms with Gasteiger partial charge in [-0.2, -0.15) is 0 Å². The fourth-order valence-electron chi connectivity index (χ4n) is 2.10. The van der Waals surface area contributed by atoms with Crippen molar-refractivity contribution in [2.24, 2.45) is 0 Å². The fourth-order valence-corrected chi connectivity index (χ4v) is 2.10. The lowest BCUT2D eigenvalue weighted by Gasteiger charge is -2.32. The standard InChI is InChI=1S/C14H20FN3O/c1-11-3-4-13(12(15)9-11)16-10-14(19)18-7-5-17(2)6-8-18/h3-4,9,16H,5-8,10H2,1-2H3. The largest absolute Gasteiger partial charge is 0.374 e. The number of piperazine rings is 1. The molecule has 1 aromatic rings. The van der Waals surface area contributed by atoms with Crippen LogP contribution in [0, 0.1) is 12.7 Å². The van der Waals surface area contributed by atoms with Crippen LogP contribution in [0.2, 0.25) is 0 Å². The van der Waals surface area contributed by atoms with Crippen molar-refractivity contribution in [1.82, 2.24) is 9.80 Å². The van der Waals surface area contributed by atoms with Crippen molar-refractivity contribution in [1.29, 1.82) is 0 Å². The van der Waals surface area contributed by atoms with Crippen molar-refractivity contribution in [2.75, 3.05) is 45.1 Å². The number of aryl methyl sites for hydroxylation is 1. The molecule has 0 unspecified atom stereocenters. The number of rotatable bonds is 3. The van der Waals surface area contributed by atoms with Gasteiger partial charge in [0.1, 0.15) is 5.82 Å². The van der Waals surface area contributed by atoms with Crippen LogP contribution in [0.3, 0.4) is 0 Å². The molecule has 0 spiro atoms. The molecule has 1 N–H and O–H groups in total. The van der Waals surface area contributed by atoms with Crippen LogP contribution in [-0.2, 0) is 4.79 Å². The Bertz CT molecular complexity index is 456. The maximum Gasteiger partial charge on any atom is 0.241 e. The summed E-state index contributed by atoms with van der Waals surface area (Å²) in [7, 11) is 2.04. The number of nitrogens with one attached hydrogen (secondary N) is 1. The molecule has 0 radical (unpaired) electrons. The highest BCUT2D eigenvalue weighted by Gasteiger charge is 2.18. The number of carbonyl (C=O) groups excluding carboxylic acids is 1. The first-order valence-electron chi connectivity index (χ1n) is 6.52. The molecular weight excluding hydrogens is 245 g/mol. The monoisotopic (exact) mass is 265 g/mol. The molecule has 1 fully saturated rings. The Morgan fingerprint density at radius 3 is 2.63 bits per heavy atom. The summed E-state index contributed by atoms with van der Waals surface area (Å²) in [6.45, 7) is 5.25. The molecule has 1 aromatic carbocycles. The summed E-state index contributed by atoms with van der Waals surface area (Å²) in [6.07, 6.45) is 0. The number of hydrogen-bond acceptors (Lipinski definition) is 3. The molecule has 1 amide bonds. The van der Waals surface area contributed by atoms with Gasteiger partial charge in [0.25, 0.3) is 0 Å². The van der Waals surface area contributed by atoms with Crippen LogP contribution in [0.1, 0.15) is 5.56 Å².